The number of hydrogen-bond acceptors (Lipinski definition) is 3. The van der Waals surface area contributed by atoms with E-state index in [0.29, 0.717) is 19.3 Å². The second-order valence-corrected chi connectivity index (χ2v) is 3.37. The van der Waals surface area contributed by atoms with Gasteiger partial charge in [-0.25, -0.2) is 4.98 Å². The van der Waals surface area contributed by atoms with E-state index in [-0.39, 0.29) is 11.4 Å². The van der Waals surface area contributed by atoms with Crippen LogP contribution in [0.5, 0.6) is 0 Å². The Labute approximate surface area is 97.5 Å². The van der Waals surface area contributed by atoms with E-state index in [4.69, 9.17) is 5.26 Å². The van der Waals surface area contributed by atoms with E-state index in [1.165, 1.54) is 0 Å². The second-order valence-electron chi connectivity index (χ2n) is 3.37. The van der Waals surface area contributed by atoms with Crippen LogP contribution in [0.4, 0.5) is 18.9 Å². The van der Waals surface area contributed by atoms with Crippen LogP contribution in [0.1, 0.15) is 25.1 Å². The van der Waals surface area contributed by atoms with Crippen LogP contribution >= 0.6 is 0 Å². The van der Waals surface area contributed by atoms with Crippen LogP contribution in [0.25, 0.3) is 0 Å². The van der Waals surface area contributed by atoms with Crippen LogP contribution in [0, 0.1) is 11.3 Å². The summed E-state index contributed by atoms with van der Waals surface area (Å²) in [5.41, 5.74) is -0.590. The highest BCUT2D eigenvalue weighted by atomic mass is 19.4. The maximum atomic E-state index is 12.5. The van der Waals surface area contributed by atoms with Gasteiger partial charge in [-0.1, -0.05) is 0 Å². The lowest BCUT2D eigenvalue weighted by Gasteiger charge is -2.22. The van der Waals surface area contributed by atoms with Crippen LogP contribution in [0.2, 0.25) is 0 Å². The van der Waals surface area contributed by atoms with Crippen molar-refractivity contribution in [2.75, 3.05) is 18.0 Å². The van der Waals surface area contributed by atoms with Gasteiger partial charge in [0.25, 0.3) is 0 Å². The van der Waals surface area contributed by atoms with Gasteiger partial charge in [-0.05, 0) is 19.9 Å². The van der Waals surface area contributed by atoms with Gasteiger partial charge >= 0.3 is 6.18 Å². The van der Waals surface area contributed by atoms with Gasteiger partial charge in [-0.2, -0.15) is 18.4 Å². The number of hydrogen-bond donors (Lipinski definition) is 0. The molecule has 6 heteroatoms. The zero-order chi connectivity index (χ0) is 13.1. The van der Waals surface area contributed by atoms with E-state index in [0.717, 1.165) is 6.07 Å². The van der Waals surface area contributed by atoms with Crippen molar-refractivity contribution < 1.29 is 13.2 Å². The lowest BCUT2D eigenvalue weighted by Crippen LogP contribution is -2.24. The molecule has 0 amide bonds. The molecular weight excluding hydrogens is 231 g/mol. The number of nitrogens with zero attached hydrogens (tertiary/aromatic N) is 3. The molecule has 0 aromatic carbocycles. The second kappa shape index (κ2) is 5.04. The van der Waals surface area contributed by atoms with Crippen LogP contribution < -0.4 is 4.90 Å². The summed E-state index contributed by atoms with van der Waals surface area (Å²) in [6.45, 7) is 4.66. The number of anilines is 1. The molecule has 1 heterocycles. The van der Waals surface area contributed by atoms with Crippen molar-refractivity contribution in [2.24, 2.45) is 0 Å². The molecule has 92 valence electrons. The zero-order valence-electron chi connectivity index (χ0n) is 9.54. The molecule has 1 aromatic rings. The van der Waals surface area contributed by atoms with Crippen LogP contribution in [0.3, 0.4) is 0 Å². The van der Waals surface area contributed by atoms with Gasteiger partial charge in [0.05, 0.1) is 11.3 Å². The molecule has 3 nitrogen and oxygen atoms in total. The number of alkyl halides is 3. The molecule has 1 aromatic heterocycles. The van der Waals surface area contributed by atoms with E-state index in [9.17, 15) is 13.2 Å². The summed E-state index contributed by atoms with van der Waals surface area (Å²) in [5, 5.41) is 8.83. The van der Waals surface area contributed by atoms with E-state index in [1.54, 1.807) is 11.0 Å². The molecule has 0 aliphatic carbocycles. The first kappa shape index (κ1) is 13.3. The molecule has 17 heavy (non-hydrogen) atoms. The van der Waals surface area contributed by atoms with E-state index >= 15 is 0 Å². The first-order chi connectivity index (χ1) is 7.93. The Bertz CT molecular complexity index is 431. The number of aromatic nitrogens is 1. The fourth-order valence-electron chi connectivity index (χ4n) is 1.50. The molecule has 0 spiro atoms. The van der Waals surface area contributed by atoms with Crippen molar-refractivity contribution in [3.8, 4) is 6.07 Å². The normalized spacial score (nSPS) is 11.1. The molecule has 0 saturated heterocycles. The van der Waals surface area contributed by atoms with Crippen molar-refractivity contribution in [3.05, 3.63) is 23.5 Å². The Morgan fingerprint density at radius 1 is 1.35 bits per heavy atom. The lowest BCUT2D eigenvalue weighted by atomic mass is 10.2. The summed E-state index contributed by atoms with van der Waals surface area (Å²) in [5.74, 6) is 0. The highest BCUT2D eigenvalue weighted by Gasteiger charge is 2.32. The predicted octanol–water partition coefficient (Wildman–Crippen LogP) is 2.82. The van der Waals surface area contributed by atoms with Crippen molar-refractivity contribution in [3.63, 3.8) is 0 Å². The summed E-state index contributed by atoms with van der Waals surface area (Å²) in [6, 6.07) is 2.77. The van der Waals surface area contributed by atoms with Crippen molar-refractivity contribution in [1.82, 2.24) is 4.98 Å². The first-order valence-corrected chi connectivity index (χ1v) is 5.16. The first-order valence-electron chi connectivity index (χ1n) is 5.16. The maximum Gasteiger partial charge on any atom is 0.417 e. The Morgan fingerprint density at radius 2 is 1.94 bits per heavy atom. The number of rotatable bonds is 3. The third-order valence-corrected chi connectivity index (χ3v) is 2.40. The lowest BCUT2D eigenvalue weighted by molar-refractivity contribution is -0.137. The highest BCUT2D eigenvalue weighted by Crippen LogP contribution is 2.32. The molecular formula is C11H12F3N3. The molecule has 0 fully saturated rings. The number of halogens is 3. The number of nitriles is 1. The highest BCUT2D eigenvalue weighted by molar-refractivity contribution is 5.57. The summed E-state index contributed by atoms with van der Waals surface area (Å²) in [4.78, 5) is 5.23. The topological polar surface area (TPSA) is 39.9 Å². The van der Waals surface area contributed by atoms with E-state index in [2.05, 4.69) is 4.98 Å². The minimum absolute atomic E-state index is 0.0155. The number of pyridine rings is 1. The molecule has 0 bridgehead atoms. The average Bonchev–Trinajstić information content (AvgIpc) is 2.29. The minimum Gasteiger partial charge on any atom is -0.370 e. The summed E-state index contributed by atoms with van der Waals surface area (Å²) < 4.78 is 37.6. The van der Waals surface area contributed by atoms with Gasteiger partial charge in [-0.15, -0.1) is 0 Å². The third-order valence-electron chi connectivity index (χ3n) is 2.40. The molecule has 0 radical (unpaired) electrons. The molecule has 0 N–H and O–H groups in total. The predicted molar refractivity (Wildman–Crippen MR) is 57.5 cm³/mol. The molecule has 0 saturated carbocycles. The van der Waals surface area contributed by atoms with Gasteiger partial charge in [0.15, 0.2) is 5.69 Å². The largest absolute Gasteiger partial charge is 0.417 e. The average molecular weight is 243 g/mol. The molecule has 0 aliphatic rings. The fraction of sp³-hybridized carbons (Fsp3) is 0.455. The molecule has 1 rings (SSSR count). The van der Waals surface area contributed by atoms with Crippen molar-refractivity contribution >= 4 is 5.69 Å². The van der Waals surface area contributed by atoms with Crippen LogP contribution in [-0.2, 0) is 6.18 Å². The fourth-order valence-corrected chi connectivity index (χ4v) is 1.50. The molecule has 0 unspecified atom stereocenters. The third kappa shape index (κ3) is 2.87. The van der Waals surface area contributed by atoms with Gasteiger partial charge in [-0.3, -0.25) is 0 Å². The molecule has 0 aliphatic heterocycles. The SMILES string of the molecule is CCN(CC)c1cc(C(F)(F)F)cnc1C#N. The Hall–Kier alpha value is -1.77. The summed E-state index contributed by atoms with van der Waals surface area (Å²) >= 11 is 0. The van der Waals surface area contributed by atoms with E-state index in [1.807, 2.05) is 13.8 Å². The van der Waals surface area contributed by atoms with Crippen LogP contribution in [-0.4, -0.2) is 18.1 Å². The monoisotopic (exact) mass is 243 g/mol. The molecule has 0 atom stereocenters. The summed E-state index contributed by atoms with van der Waals surface area (Å²) in [7, 11) is 0. The summed E-state index contributed by atoms with van der Waals surface area (Å²) in [6.07, 6.45) is -3.76. The zero-order valence-corrected chi connectivity index (χ0v) is 9.54. The Kier molecular flexibility index (Phi) is 3.94. The minimum atomic E-state index is -4.44. The van der Waals surface area contributed by atoms with Gasteiger partial charge < -0.3 is 4.90 Å². The Morgan fingerprint density at radius 3 is 2.35 bits per heavy atom. The van der Waals surface area contributed by atoms with Crippen molar-refractivity contribution in [1.29, 1.82) is 5.26 Å². The van der Waals surface area contributed by atoms with Crippen molar-refractivity contribution in [2.45, 2.75) is 20.0 Å². The quantitative estimate of drug-likeness (QED) is 0.819. The maximum absolute atomic E-state index is 12.5. The van der Waals surface area contributed by atoms with Gasteiger partial charge in [0.2, 0.25) is 0 Å². The standard InChI is InChI=1S/C11H12F3N3/c1-3-17(4-2)10-5-8(11(12,13)14)7-16-9(10)6-15/h5,7H,3-4H2,1-2H3. The van der Waals surface area contributed by atoms with E-state index < -0.39 is 11.7 Å². The van der Waals surface area contributed by atoms with Crippen LogP contribution in [0.15, 0.2) is 12.3 Å². The Balaban J connectivity index is 3.30. The smallest absolute Gasteiger partial charge is 0.370 e. The van der Waals surface area contributed by atoms with Gasteiger partial charge in [0.1, 0.15) is 6.07 Å². The van der Waals surface area contributed by atoms with Gasteiger partial charge in [0, 0.05) is 19.3 Å².